The largest absolute Gasteiger partial charge is 0.421 e. The highest BCUT2D eigenvalue weighted by Gasteiger charge is 2.16. The Bertz CT molecular complexity index is 1030. The lowest BCUT2D eigenvalue weighted by Gasteiger charge is -2.26. The van der Waals surface area contributed by atoms with E-state index < -0.39 is 5.76 Å². The molecule has 0 saturated carbocycles. The highest BCUT2D eigenvalue weighted by atomic mass is 16.5. The fourth-order valence-corrected chi connectivity index (χ4v) is 3.13. The summed E-state index contributed by atoms with van der Waals surface area (Å²) in [5.41, 5.74) is 2.55. The molecule has 1 aliphatic heterocycles. The van der Waals surface area contributed by atoms with Crippen LogP contribution in [-0.2, 0) is 11.4 Å². The van der Waals surface area contributed by atoms with Gasteiger partial charge in [-0.05, 0) is 29.8 Å². The molecule has 2 heterocycles. The van der Waals surface area contributed by atoms with Crippen LogP contribution in [0.2, 0.25) is 0 Å². The number of benzene rings is 2. The van der Waals surface area contributed by atoms with Crippen LogP contribution in [0.25, 0.3) is 17.2 Å². The van der Waals surface area contributed by atoms with Gasteiger partial charge in [0.25, 0.3) is 0 Å². The number of carbonyl (C=O) groups is 1. The molecule has 0 radical (unpaired) electrons. The number of carbonyl (C=O) groups excluding carboxylic acids is 1. The van der Waals surface area contributed by atoms with Crippen molar-refractivity contribution in [2.45, 2.75) is 6.67 Å². The fourth-order valence-electron chi connectivity index (χ4n) is 3.13. The maximum absolute atomic E-state index is 12.4. The van der Waals surface area contributed by atoms with E-state index in [-0.39, 0.29) is 5.78 Å². The van der Waals surface area contributed by atoms with Crippen molar-refractivity contribution in [3.8, 4) is 0 Å². The van der Waals surface area contributed by atoms with Gasteiger partial charge in [0.1, 0.15) is 0 Å². The molecular weight excluding hydrogens is 344 g/mol. The predicted molar refractivity (Wildman–Crippen MR) is 103 cm³/mol. The molecule has 6 nitrogen and oxygen atoms in total. The fraction of sp³-hybridized carbons (Fsp3) is 0.238. The van der Waals surface area contributed by atoms with Gasteiger partial charge >= 0.3 is 5.76 Å². The first-order valence-corrected chi connectivity index (χ1v) is 8.92. The van der Waals surface area contributed by atoms with E-state index in [1.54, 1.807) is 28.8 Å². The average molecular weight is 364 g/mol. The second kappa shape index (κ2) is 7.73. The first kappa shape index (κ1) is 17.5. The Hall–Kier alpha value is -2.96. The number of rotatable bonds is 5. The molecule has 1 fully saturated rings. The maximum Gasteiger partial charge on any atom is 0.421 e. The van der Waals surface area contributed by atoms with Gasteiger partial charge < -0.3 is 9.15 Å². The molecule has 1 saturated heterocycles. The van der Waals surface area contributed by atoms with E-state index in [9.17, 15) is 9.59 Å². The van der Waals surface area contributed by atoms with Crippen LogP contribution < -0.4 is 5.76 Å². The molecule has 1 aliphatic rings. The third-order valence-corrected chi connectivity index (χ3v) is 4.62. The number of allylic oxidation sites excluding steroid dienone is 1. The van der Waals surface area contributed by atoms with Gasteiger partial charge in [0.05, 0.1) is 25.4 Å². The number of ether oxygens (including phenoxy) is 1. The maximum atomic E-state index is 12.4. The molecule has 27 heavy (non-hydrogen) atoms. The van der Waals surface area contributed by atoms with Crippen LogP contribution in [0.3, 0.4) is 0 Å². The highest BCUT2D eigenvalue weighted by Crippen LogP contribution is 2.17. The Balaban J connectivity index is 1.56. The van der Waals surface area contributed by atoms with E-state index in [0.29, 0.717) is 36.5 Å². The van der Waals surface area contributed by atoms with Crippen molar-refractivity contribution in [3.05, 3.63) is 76.3 Å². The monoisotopic (exact) mass is 364 g/mol. The Labute approximate surface area is 156 Å². The number of aromatic nitrogens is 1. The molecule has 4 rings (SSSR count). The number of hydrogen-bond acceptors (Lipinski definition) is 5. The van der Waals surface area contributed by atoms with Gasteiger partial charge in [0.15, 0.2) is 11.4 Å². The number of oxazole rings is 1. The third-order valence-electron chi connectivity index (χ3n) is 4.62. The SMILES string of the molecule is O=C(/C=C/c1ccccc1)c1ccc2c(c1)oc(=O)n2CN1CCOCC1. The van der Waals surface area contributed by atoms with Gasteiger partial charge in [-0.1, -0.05) is 36.4 Å². The van der Waals surface area contributed by atoms with Crippen LogP contribution >= 0.6 is 0 Å². The van der Waals surface area contributed by atoms with Crippen LogP contribution in [0, 0.1) is 0 Å². The lowest BCUT2D eigenvalue weighted by atomic mass is 10.1. The normalized spacial score (nSPS) is 15.6. The Kier molecular flexibility index (Phi) is 5.00. The predicted octanol–water partition coefficient (Wildman–Crippen LogP) is 2.78. The molecule has 138 valence electrons. The number of ketones is 1. The van der Waals surface area contributed by atoms with Gasteiger partial charge in [0, 0.05) is 18.7 Å². The lowest BCUT2D eigenvalue weighted by molar-refractivity contribution is 0.0230. The zero-order valence-electron chi connectivity index (χ0n) is 14.8. The minimum Gasteiger partial charge on any atom is -0.408 e. The Morgan fingerprint density at radius 3 is 2.63 bits per heavy atom. The van der Waals surface area contributed by atoms with Gasteiger partial charge in [-0.3, -0.25) is 14.3 Å². The van der Waals surface area contributed by atoms with Crippen molar-refractivity contribution < 1.29 is 13.9 Å². The van der Waals surface area contributed by atoms with Crippen molar-refractivity contribution in [2.24, 2.45) is 0 Å². The molecule has 0 unspecified atom stereocenters. The van der Waals surface area contributed by atoms with E-state index in [1.165, 1.54) is 6.08 Å². The summed E-state index contributed by atoms with van der Waals surface area (Å²) in [5, 5.41) is 0. The van der Waals surface area contributed by atoms with E-state index in [2.05, 4.69) is 4.90 Å². The first-order chi connectivity index (χ1) is 13.2. The summed E-state index contributed by atoms with van der Waals surface area (Å²) in [5.74, 6) is -0.551. The molecule has 0 atom stereocenters. The second-order valence-electron chi connectivity index (χ2n) is 6.46. The highest BCUT2D eigenvalue weighted by molar-refractivity contribution is 6.08. The van der Waals surface area contributed by atoms with Crippen molar-refractivity contribution in [1.29, 1.82) is 0 Å². The summed E-state index contributed by atoms with van der Waals surface area (Å²) in [4.78, 5) is 26.8. The molecule has 3 aromatic rings. The Morgan fingerprint density at radius 1 is 1.07 bits per heavy atom. The van der Waals surface area contributed by atoms with E-state index in [4.69, 9.17) is 9.15 Å². The van der Waals surface area contributed by atoms with Crippen LogP contribution in [0.4, 0.5) is 0 Å². The molecular formula is C21H20N2O4. The molecule has 0 bridgehead atoms. The minimum absolute atomic E-state index is 0.135. The number of fused-ring (bicyclic) bond motifs is 1. The molecule has 0 spiro atoms. The molecule has 6 heteroatoms. The topological polar surface area (TPSA) is 64.7 Å². The molecule has 0 amide bonds. The molecule has 1 aromatic heterocycles. The summed E-state index contributed by atoms with van der Waals surface area (Å²) in [7, 11) is 0. The van der Waals surface area contributed by atoms with Gasteiger partial charge in [-0.25, -0.2) is 4.79 Å². The number of hydrogen-bond donors (Lipinski definition) is 0. The quantitative estimate of drug-likeness (QED) is 0.515. The number of nitrogens with zero attached hydrogens (tertiary/aromatic N) is 2. The summed E-state index contributed by atoms with van der Waals surface area (Å²) in [6, 6.07) is 14.7. The van der Waals surface area contributed by atoms with Crippen LogP contribution in [0.15, 0.2) is 63.8 Å². The lowest BCUT2D eigenvalue weighted by Crippen LogP contribution is -2.39. The van der Waals surface area contributed by atoms with E-state index >= 15 is 0 Å². The Morgan fingerprint density at radius 2 is 1.85 bits per heavy atom. The van der Waals surface area contributed by atoms with Crippen LogP contribution in [0.1, 0.15) is 15.9 Å². The summed E-state index contributed by atoms with van der Waals surface area (Å²) in [6.07, 6.45) is 3.30. The van der Waals surface area contributed by atoms with Crippen LogP contribution in [-0.4, -0.2) is 41.6 Å². The van der Waals surface area contributed by atoms with Gasteiger partial charge in [-0.2, -0.15) is 0 Å². The number of morpholine rings is 1. The van der Waals surface area contributed by atoms with Crippen molar-refractivity contribution in [2.75, 3.05) is 26.3 Å². The first-order valence-electron chi connectivity index (χ1n) is 8.92. The van der Waals surface area contributed by atoms with Crippen molar-refractivity contribution in [3.63, 3.8) is 0 Å². The third kappa shape index (κ3) is 3.92. The molecule has 0 N–H and O–H groups in total. The van der Waals surface area contributed by atoms with Crippen LogP contribution in [0.5, 0.6) is 0 Å². The molecule has 2 aromatic carbocycles. The van der Waals surface area contributed by atoms with Gasteiger partial charge in [0.2, 0.25) is 0 Å². The summed E-state index contributed by atoms with van der Waals surface area (Å²) in [6.45, 7) is 3.34. The van der Waals surface area contributed by atoms with E-state index in [0.717, 1.165) is 18.7 Å². The van der Waals surface area contributed by atoms with Gasteiger partial charge in [-0.15, -0.1) is 0 Å². The zero-order valence-corrected chi connectivity index (χ0v) is 14.8. The summed E-state index contributed by atoms with van der Waals surface area (Å²) >= 11 is 0. The summed E-state index contributed by atoms with van der Waals surface area (Å²) < 4.78 is 12.3. The van der Waals surface area contributed by atoms with Crippen molar-refractivity contribution >= 4 is 23.0 Å². The average Bonchev–Trinajstić information content (AvgIpc) is 3.02. The zero-order chi connectivity index (χ0) is 18.6. The van der Waals surface area contributed by atoms with E-state index in [1.807, 2.05) is 30.3 Å². The smallest absolute Gasteiger partial charge is 0.408 e. The molecule has 0 aliphatic carbocycles. The minimum atomic E-state index is -0.416. The standard InChI is InChI=1S/C21H20N2O4/c24-19(9-6-16-4-2-1-3-5-16)17-7-8-18-20(14-17)27-21(25)23(18)15-22-10-12-26-13-11-22/h1-9,14H,10-13,15H2/b9-6+. The van der Waals surface area contributed by atoms with Crippen molar-refractivity contribution in [1.82, 2.24) is 9.47 Å². The second-order valence-corrected chi connectivity index (χ2v) is 6.46.